The minimum absolute atomic E-state index is 0.128. The Balaban J connectivity index is 1.80. The summed E-state index contributed by atoms with van der Waals surface area (Å²) >= 11 is 0.713. The molecular weight excluding hydrogens is 406 g/mol. The first-order valence-corrected chi connectivity index (χ1v) is 9.99. The molecule has 30 heavy (non-hydrogen) atoms. The predicted octanol–water partition coefficient (Wildman–Crippen LogP) is 3.81. The molecule has 0 radical (unpaired) electrons. The van der Waals surface area contributed by atoms with Crippen LogP contribution in [0.3, 0.4) is 0 Å². The van der Waals surface area contributed by atoms with Gasteiger partial charge in [-0.25, -0.2) is 4.79 Å². The molecule has 7 nitrogen and oxygen atoms in total. The number of aryl methyl sites for hydroxylation is 1. The van der Waals surface area contributed by atoms with E-state index in [2.05, 4.69) is 0 Å². The van der Waals surface area contributed by atoms with E-state index < -0.39 is 29.6 Å². The van der Waals surface area contributed by atoms with Gasteiger partial charge in [-0.05, 0) is 49.9 Å². The van der Waals surface area contributed by atoms with Crippen LogP contribution in [0, 0.1) is 6.92 Å². The SMILES string of the molecule is CCOC(=O)CN1C(=O)S/C(=C\c2ccccc2OC(=O)c2ccc(C)cc2)C1=O. The topological polar surface area (TPSA) is 90.0 Å². The third kappa shape index (κ3) is 4.96. The highest BCUT2D eigenvalue weighted by Crippen LogP contribution is 2.34. The first-order chi connectivity index (χ1) is 14.4. The number of thioether (sulfide) groups is 1. The molecule has 0 aliphatic carbocycles. The molecule has 2 amide bonds. The zero-order valence-corrected chi connectivity index (χ0v) is 17.2. The number of hydrogen-bond donors (Lipinski definition) is 0. The van der Waals surface area contributed by atoms with E-state index in [0.717, 1.165) is 10.5 Å². The third-order valence-corrected chi connectivity index (χ3v) is 5.07. The molecule has 0 bridgehead atoms. The molecule has 0 atom stereocenters. The number of esters is 2. The van der Waals surface area contributed by atoms with Crippen molar-refractivity contribution in [1.82, 2.24) is 4.90 Å². The Morgan fingerprint density at radius 3 is 2.47 bits per heavy atom. The predicted molar refractivity (Wildman–Crippen MR) is 112 cm³/mol. The summed E-state index contributed by atoms with van der Waals surface area (Å²) < 4.78 is 10.3. The summed E-state index contributed by atoms with van der Waals surface area (Å²) in [6, 6.07) is 13.6. The molecule has 1 heterocycles. The number of carbonyl (C=O) groups is 4. The van der Waals surface area contributed by atoms with Gasteiger partial charge in [-0.15, -0.1) is 0 Å². The highest BCUT2D eigenvalue weighted by molar-refractivity contribution is 8.18. The summed E-state index contributed by atoms with van der Waals surface area (Å²) in [5.74, 6) is -1.54. The average molecular weight is 425 g/mol. The maximum Gasteiger partial charge on any atom is 0.343 e. The Morgan fingerprint density at radius 1 is 1.07 bits per heavy atom. The van der Waals surface area contributed by atoms with Crippen molar-refractivity contribution in [2.75, 3.05) is 13.2 Å². The molecule has 1 saturated heterocycles. The molecule has 154 valence electrons. The second-order valence-corrected chi connectivity index (χ2v) is 7.36. The molecule has 0 spiro atoms. The lowest BCUT2D eigenvalue weighted by Gasteiger charge is -2.11. The average Bonchev–Trinajstić information content (AvgIpc) is 2.97. The summed E-state index contributed by atoms with van der Waals surface area (Å²) in [6.07, 6.45) is 1.47. The number of benzene rings is 2. The number of carbonyl (C=O) groups excluding carboxylic acids is 4. The van der Waals surface area contributed by atoms with E-state index in [4.69, 9.17) is 9.47 Å². The standard InChI is InChI=1S/C22H19NO6S/c1-3-28-19(24)13-23-20(25)18(30-22(23)27)12-16-6-4-5-7-17(16)29-21(26)15-10-8-14(2)9-11-15/h4-12H,3,13H2,1-2H3/b18-12-. The molecule has 8 heteroatoms. The highest BCUT2D eigenvalue weighted by atomic mass is 32.2. The van der Waals surface area contributed by atoms with Crippen LogP contribution < -0.4 is 4.74 Å². The number of amides is 2. The molecular formula is C22H19NO6S. The molecule has 0 aromatic heterocycles. The van der Waals surface area contributed by atoms with E-state index in [1.54, 1.807) is 43.3 Å². The van der Waals surface area contributed by atoms with Crippen molar-refractivity contribution in [3.05, 3.63) is 70.1 Å². The molecule has 2 aromatic carbocycles. The monoisotopic (exact) mass is 425 g/mol. The first kappa shape index (κ1) is 21.3. The molecule has 2 aromatic rings. The molecule has 1 fully saturated rings. The van der Waals surface area contributed by atoms with Crippen molar-refractivity contribution < 1.29 is 28.7 Å². The van der Waals surface area contributed by atoms with Crippen LogP contribution >= 0.6 is 11.8 Å². The Labute approximate surface area is 177 Å². The van der Waals surface area contributed by atoms with Gasteiger partial charge in [-0.2, -0.15) is 0 Å². The number of rotatable bonds is 6. The maximum absolute atomic E-state index is 12.5. The Kier molecular flexibility index (Phi) is 6.68. The van der Waals surface area contributed by atoms with Crippen molar-refractivity contribution in [2.45, 2.75) is 13.8 Å². The van der Waals surface area contributed by atoms with Crippen LogP contribution in [0.5, 0.6) is 5.75 Å². The second kappa shape index (κ2) is 9.41. The van der Waals surface area contributed by atoms with Crippen LogP contribution in [0.15, 0.2) is 53.4 Å². The zero-order valence-electron chi connectivity index (χ0n) is 16.4. The molecule has 3 rings (SSSR count). The Bertz CT molecular complexity index is 1030. The first-order valence-electron chi connectivity index (χ1n) is 9.18. The Morgan fingerprint density at radius 2 is 1.77 bits per heavy atom. The fourth-order valence-corrected chi connectivity index (χ4v) is 3.48. The highest BCUT2D eigenvalue weighted by Gasteiger charge is 2.36. The van der Waals surface area contributed by atoms with E-state index >= 15 is 0 Å². The number of imide groups is 1. The van der Waals surface area contributed by atoms with E-state index in [9.17, 15) is 19.2 Å². The summed E-state index contributed by atoms with van der Waals surface area (Å²) in [7, 11) is 0. The number of hydrogen-bond acceptors (Lipinski definition) is 7. The van der Waals surface area contributed by atoms with Crippen LogP contribution in [0.4, 0.5) is 4.79 Å². The van der Waals surface area contributed by atoms with Gasteiger partial charge in [0.2, 0.25) is 0 Å². The van der Waals surface area contributed by atoms with Gasteiger partial charge in [0.05, 0.1) is 17.1 Å². The van der Waals surface area contributed by atoms with Crippen molar-refractivity contribution in [2.24, 2.45) is 0 Å². The summed E-state index contributed by atoms with van der Waals surface area (Å²) in [5.41, 5.74) is 1.87. The normalized spacial score (nSPS) is 14.9. The van der Waals surface area contributed by atoms with Gasteiger partial charge in [0.1, 0.15) is 12.3 Å². The largest absolute Gasteiger partial charge is 0.465 e. The lowest BCUT2D eigenvalue weighted by molar-refractivity contribution is -0.145. The molecule has 0 saturated carbocycles. The van der Waals surface area contributed by atoms with Crippen molar-refractivity contribution >= 4 is 40.9 Å². The molecule has 0 unspecified atom stereocenters. The van der Waals surface area contributed by atoms with Gasteiger partial charge in [0, 0.05) is 5.56 Å². The third-order valence-electron chi connectivity index (χ3n) is 4.16. The fourth-order valence-electron chi connectivity index (χ4n) is 2.65. The van der Waals surface area contributed by atoms with Crippen LogP contribution in [0.25, 0.3) is 6.08 Å². The van der Waals surface area contributed by atoms with Gasteiger partial charge in [0.25, 0.3) is 11.1 Å². The van der Waals surface area contributed by atoms with Crippen molar-refractivity contribution in [3.63, 3.8) is 0 Å². The fraction of sp³-hybridized carbons (Fsp3) is 0.182. The minimum Gasteiger partial charge on any atom is -0.465 e. The summed E-state index contributed by atoms with van der Waals surface area (Å²) in [4.78, 5) is 49.7. The quantitative estimate of drug-likeness (QED) is 0.395. The van der Waals surface area contributed by atoms with Crippen LogP contribution in [0.2, 0.25) is 0 Å². The van der Waals surface area contributed by atoms with Crippen molar-refractivity contribution in [1.29, 1.82) is 0 Å². The van der Waals surface area contributed by atoms with Gasteiger partial charge < -0.3 is 9.47 Å². The van der Waals surface area contributed by atoms with E-state index in [1.165, 1.54) is 6.08 Å². The second-order valence-electron chi connectivity index (χ2n) is 6.37. The lowest BCUT2D eigenvalue weighted by Crippen LogP contribution is -2.34. The number of ether oxygens (including phenoxy) is 2. The summed E-state index contributed by atoms with van der Waals surface area (Å²) in [6.45, 7) is 3.27. The summed E-state index contributed by atoms with van der Waals surface area (Å²) in [5, 5.41) is -0.562. The lowest BCUT2D eigenvalue weighted by atomic mass is 10.1. The van der Waals surface area contributed by atoms with Gasteiger partial charge in [0.15, 0.2) is 0 Å². The maximum atomic E-state index is 12.5. The van der Waals surface area contributed by atoms with Gasteiger partial charge in [-0.1, -0.05) is 35.9 Å². The van der Waals surface area contributed by atoms with Crippen molar-refractivity contribution in [3.8, 4) is 5.75 Å². The molecule has 1 aliphatic heterocycles. The minimum atomic E-state index is -0.659. The smallest absolute Gasteiger partial charge is 0.343 e. The van der Waals surface area contributed by atoms with Crippen LogP contribution in [-0.2, 0) is 14.3 Å². The Hall–Kier alpha value is -3.39. The number of para-hydroxylation sites is 1. The van der Waals surface area contributed by atoms with Crippen LogP contribution in [-0.4, -0.2) is 41.1 Å². The molecule has 1 aliphatic rings. The van der Waals surface area contributed by atoms with E-state index in [1.807, 2.05) is 19.1 Å². The van der Waals surface area contributed by atoms with Gasteiger partial charge >= 0.3 is 11.9 Å². The van der Waals surface area contributed by atoms with E-state index in [-0.39, 0.29) is 17.3 Å². The van der Waals surface area contributed by atoms with Crippen LogP contribution in [0.1, 0.15) is 28.4 Å². The van der Waals surface area contributed by atoms with Gasteiger partial charge in [-0.3, -0.25) is 19.3 Å². The number of nitrogens with zero attached hydrogens (tertiary/aromatic N) is 1. The zero-order chi connectivity index (χ0) is 21.7. The molecule has 0 N–H and O–H groups in total. The van der Waals surface area contributed by atoms with E-state index in [0.29, 0.717) is 22.9 Å².